The van der Waals surface area contributed by atoms with Gasteiger partial charge in [0.1, 0.15) is 17.8 Å². The van der Waals surface area contributed by atoms with Gasteiger partial charge in [-0.3, -0.25) is 0 Å². The van der Waals surface area contributed by atoms with Crippen LogP contribution in [-0.2, 0) is 9.53 Å². The maximum atomic E-state index is 11.9. The molecule has 26 heavy (non-hydrogen) atoms. The zero-order chi connectivity index (χ0) is 17.6. The number of likely N-dealkylation sites (N-methyl/N-ethyl adjacent to an activating group) is 1. The van der Waals surface area contributed by atoms with Gasteiger partial charge < -0.3 is 14.1 Å². The van der Waals surface area contributed by atoms with E-state index >= 15 is 0 Å². The number of carbonyl (C=O) groups excluding carboxylic acids is 1. The number of para-hydroxylation sites is 1. The summed E-state index contributed by atoms with van der Waals surface area (Å²) in [6.07, 6.45) is 3.26. The van der Waals surface area contributed by atoms with Gasteiger partial charge in [0.05, 0.1) is 0 Å². The zero-order valence-electron chi connectivity index (χ0n) is 15.1. The van der Waals surface area contributed by atoms with Gasteiger partial charge in [-0.2, -0.15) is 0 Å². The molecule has 0 spiro atoms. The second kappa shape index (κ2) is 9.41. The molecule has 0 unspecified atom stereocenters. The molecule has 3 aromatic rings. The van der Waals surface area contributed by atoms with Crippen molar-refractivity contribution in [1.29, 1.82) is 0 Å². The molecular weight excluding hydrogens is 350 g/mol. The van der Waals surface area contributed by atoms with Crippen LogP contribution in [0, 0.1) is 0 Å². The van der Waals surface area contributed by atoms with Crippen LogP contribution in [-0.4, -0.2) is 37.1 Å². The van der Waals surface area contributed by atoms with E-state index in [-0.39, 0.29) is 18.4 Å². The Balaban J connectivity index is 0.00000243. The van der Waals surface area contributed by atoms with Crippen LogP contribution in [0.5, 0.6) is 0 Å². The molecule has 0 atom stereocenters. The second-order valence-electron chi connectivity index (χ2n) is 5.88. The Hall–Kier alpha value is -2.30. The van der Waals surface area contributed by atoms with Crippen LogP contribution in [0.3, 0.4) is 0 Å². The van der Waals surface area contributed by atoms with Crippen LogP contribution >= 0.6 is 12.4 Å². The number of furan rings is 1. The van der Waals surface area contributed by atoms with E-state index in [2.05, 4.69) is 18.7 Å². The molecular formula is C21H24ClNO3. The maximum absolute atomic E-state index is 11.9. The molecule has 0 bridgehead atoms. The molecule has 1 aromatic heterocycles. The van der Waals surface area contributed by atoms with E-state index in [1.807, 2.05) is 42.5 Å². The molecule has 0 radical (unpaired) electrons. The number of hydrogen-bond acceptors (Lipinski definition) is 4. The maximum Gasteiger partial charge on any atom is 0.330 e. The lowest BCUT2D eigenvalue weighted by atomic mass is 10.1. The van der Waals surface area contributed by atoms with Crippen LogP contribution in [0.1, 0.15) is 19.4 Å². The first-order valence-electron chi connectivity index (χ1n) is 8.69. The van der Waals surface area contributed by atoms with Crippen molar-refractivity contribution in [3.05, 3.63) is 54.1 Å². The van der Waals surface area contributed by atoms with Gasteiger partial charge in [0.15, 0.2) is 0 Å². The third kappa shape index (κ3) is 4.65. The third-order valence-electron chi connectivity index (χ3n) is 4.36. The van der Waals surface area contributed by atoms with Gasteiger partial charge >= 0.3 is 5.97 Å². The highest BCUT2D eigenvalue weighted by Crippen LogP contribution is 2.29. The zero-order valence-corrected chi connectivity index (χ0v) is 15.9. The number of fused-ring (bicyclic) bond motifs is 3. The van der Waals surface area contributed by atoms with E-state index in [4.69, 9.17) is 9.15 Å². The molecule has 0 fully saturated rings. The molecule has 0 aliphatic heterocycles. The first kappa shape index (κ1) is 20.0. The quantitative estimate of drug-likeness (QED) is 0.436. The van der Waals surface area contributed by atoms with E-state index in [0.29, 0.717) is 6.61 Å². The topological polar surface area (TPSA) is 42.7 Å². The van der Waals surface area contributed by atoms with Crippen molar-refractivity contribution in [2.45, 2.75) is 13.8 Å². The second-order valence-corrected chi connectivity index (χ2v) is 5.88. The van der Waals surface area contributed by atoms with E-state index in [1.54, 1.807) is 6.08 Å². The molecule has 0 amide bonds. The summed E-state index contributed by atoms with van der Waals surface area (Å²) in [4.78, 5) is 14.1. The Kier molecular flexibility index (Phi) is 7.25. The van der Waals surface area contributed by atoms with Crippen LogP contribution in [0.2, 0.25) is 0 Å². The van der Waals surface area contributed by atoms with Crippen molar-refractivity contribution in [2.75, 3.05) is 26.2 Å². The van der Waals surface area contributed by atoms with Gasteiger partial charge in [-0.05, 0) is 42.9 Å². The van der Waals surface area contributed by atoms with Crippen molar-refractivity contribution in [3.8, 4) is 0 Å². The molecule has 4 nitrogen and oxygen atoms in total. The lowest BCUT2D eigenvalue weighted by Gasteiger charge is -2.16. The fourth-order valence-corrected chi connectivity index (χ4v) is 2.87. The van der Waals surface area contributed by atoms with Crippen molar-refractivity contribution >= 4 is 46.4 Å². The van der Waals surface area contributed by atoms with Crippen molar-refractivity contribution in [1.82, 2.24) is 4.90 Å². The molecule has 3 rings (SSSR count). The summed E-state index contributed by atoms with van der Waals surface area (Å²) in [5.41, 5.74) is 2.66. The standard InChI is InChI=1S/C21H23NO3.ClH/c1-3-22(4-2)13-14-24-21(23)12-10-16-9-11-20-18(15-16)17-7-5-6-8-19(17)25-20;/h5-12,15H,3-4,13-14H2,1-2H3;1H/b12-10+;. The largest absolute Gasteiger partial charge is 0.461 e. The SMILES string of the molecule is CCN(CC)CCOC(=O)/C=C/c1ccc2oc3ccccc3c2c1.Cl. The highest BCUT2D eigenvalue weighted by atomic mass is 35.5. The highest BCUT2D eigenvalue weighted by Gasteiger charge is 2.06. The minimum Gasteiger partial charge on any atom is -0.461 e. The molecule has 5 heteroatoms. The predicted molar refractivity (Wildman–Crippen MR) is 109 cm³/mol. The predicted octanol–water partition coefficient (Wildman–Crippen LogP) is 4.91. The first-order valence-corrected chi connectivity index (χ1v) is 8.69. The van der Waals surface area contributed by atoms with Crippen molar-refractivity contribution in [3.63, 3.8) is 0 Å². The van der Waals surface area contributed by atoms with Gasteiger partial charge in [0.2, 0.25) is 0 Å². The molecule has 138 valence electrons. The van der Waals surface area contributed by atoms with Gasteiger partial charge in [-0.1, -0.05) is 38.1 Å². The Labute approximate surface area is 159 Å². The smallest absolute Gasteiger partial charge is 0.330 e. The number of esters is 1. The van der Waals surface area contributed by atoms with Crippen molar-refractivity contribution in [2.24, 2.45) is 0 Å². The van der Waals surface area contributed by atoms with Crippen LogP contribution < -0.4 is 0 Å². The number of carbonyl (C=O) groups is 1. The molecule has 0 saturated carbocycles. The minimum absolute atomic E-state index is 0. The summed E-state index contributed by atoms with van der Waals surface area (Å²) in [6, 6.07) is 13.8. The number of ether oxygens (including phenoxy) is 1. The fourth-order valence-electron chi connectivity index (χ4n) is 2.87. The summed E-state index contributed by atoms with van der Waals surface area (Å²) in [6.45, 7) is 7.29. The third-order valence-corrected chi connectivity index (χ3v) is 4.36. The van der Waals surface area contributed by atoms with Crippen LogP contribution in [0.15, 0.2) is 53.0 Å². The number of benzene rings is 2. The first-order chi connectivity index (χ1) is 12.2. The average molecular weight is 374 g/mol. The number of rotatable bonds is 7. The Morgan fingerprint density at radius 3 is 2.58 bits per heavy atom. The van der Waals surface area contributed by atoms with E-state index in [0.717, 1.165) is 47.1 Å². The minimum atomic E-state index is -0.315. The summed E-state index contributed by atoms with van der Waals surface area (Å²) in [7, 11) is 0. The lowest BCUT2D eigenvalue weighted by molar-refractivity contribution is -0.138. The van der Waals surface area contributed by atoms with Gasteiger partial charge in [0.25, 0.3) is 0 Å². The summed E-state index contributed by atoms with van der Waals surface area (Å²) in [5, 5.41) is 2.13. The van der Waals surface area contributed by atoms with Gasteiger partial charge in [-0.15, -0.1) is 12.4 Å². The van der Waals surface area contributed by atoms with Crippen molar-refractivity contribution < 1.29 is 13.9 Å². The average Bonchev–Trinajstić information content (AvgIpc) is 3.01. The van der Waals surface area contributed by atoms with E-state index in [1.165, 1.54) is 6.08 Å². The molecule has 0 aliphatic rings. The van der Waals surface area contributed by atoms with Gasteiger partial charge in [0, 0.05) is 23.4 Å². The van der Waals surface area contributed by atoms with Gasteiger partial charge in [-0.25, -0.2) is 4.79 Å². The van der Waals surface area contributed by atoms with E-state index in [9.17, 15) is 4.79 Å². The Bertz CT molecular complexity index is 897. The summed E-state index contributed by atoms with van der Waals surface area (Å²) in [5.74, 6) is -0.315. The lowest BCUT2D eigenvalue weighted by Crippen LogP contribution is -2.27. The number of nitrogens with zero attached hydrogens (tertiary/aromatic N) is 1. The molecule has 0 saturated heterocycles. The fraction of sp³-hybridized carbons (Fsp3) is 0.286. The Morgan fingerprint density at radius 2 is 1.81 bits per heavy atom. The molecule has 2 aromatic carbocycles. The number of halogens is 1. The Morgan fingerprint density at radius 1 is 1.08 bits per heavy atom. The highest BCUT2D eigenvalue weighted by molar-refractivity contribution is 6.05. The molecule has 0 aliphatic carbocycles. The normalized spacial score (nSPS) is 11.3. The van der Waals surface area contributed by atoms with E-state index < -0.39 is 0 Å². The summed E-state index contributed by atoms with van der Waals surface area (Å²) >= 11 is 0. The van der Waals surface area contributed by atoms with Crippen LogP contribution in [0.4, 0.5) is 0 Å². The monoisotopic (exact) mass is 373 g/mol. The molecule has 0 N–H and O–H groups in total. The summed E-state index contributed by atoms with van der Waals surface area (Å²) < 4.78 is 11.1. The number of hydrogen-bond donors (Lipinski definition) is 0. The van der Waals surface area contributed by atoms with Crippen LogP contribution in [0.25, 0.3) is 28.0 Å². The molecule has 1 heterocycles.